The lowest BCUT2D eigenvalue weighted by molar-refractivity contribution is 0.687. The fourth-order valence-electron chi connectivity index (χ4n) is 1.66. The topological polar surface area (TPSA) is 36.7 Å². The molecule has 1 aromatic carbocycles. The van der Waals surface area contributed by atoms with Crippen LogP contribution in [0.3, 0.4) is 0 Å². The van der Waals surface area contributed by atoms with Gasteiger partial charge in [-0.3, -0.25) is 4.98 Å². The summed E-state index contributed by atoms with van der Waals surface area (Å²) in [5.74, 6) is 0. The molecule has 0 amide bonds. The predicted octanol–water partition coefficient (Wildman–Crippen LogP) is 3.55. The van der Waals surface area contributed by atoms with Gasteiger partial charge in [0.1, 0.15) is 0 Å². The zero-order valence-electron chi connectivity index (χ0n) is 10.0. The van der Waals surface area contributed by atoms with Gasteiger partial charge in [-0.2, -0.15) is 5.26 Å². The van der Waals surface area contributed by atoms with Crippen LogP contribution in [0.5, 0.6) is 0 Å². The fourth-order valence-corrected chi connectivity index (χ4v) is 1.66. The molecular weight excluding hydrogens is 208 g/mol. The Morgan fingerprint density at radius 1 is 1.06 bits per heavy atom. The molecule has 2 rings (SSSR count). The van der Waals surface area contributed by atoms with Gasteiger partial charge in [0.05, 0.1) is 17.2 Å². The van der Waals surface area contributed by atoms with Crippen LogP contribution in [0.4, 0.5) is 0 Å². The van der Waals surface area contributed by atoms with Gasteiger partial charge in [-0.15, -0.1) is 0 Å². The number of aromatic nitrogens is 1. The van der Waals surface area contributed by atoms with E-state index in [0.717, 1.165) is 16.8 Å². The van der Waals surface area contributed by atoms with Crippen molar-refractivity contribution in [2.75, 3.05) is 0 Å². The van der Waals surface area contributed by atoms with E-state index in [1.807, 2.05) is 56.3 Å². The molecule has 0 fully saturated rings. The molecule has 0 aliphatic carbocycles. The first kappa shape index (κ1) is 11.3. The Morgan fingerprint density at radius 2 is 1.76 bits per heavy atom. The van der Waals surface area contributed by atoms with Crippen LogP contribution in [0.25, 0.3) is 11.3 Å². The first-order chi connectivity index (χ1) is 8.13. The van der Waals surface area contributed by atoms with Gasteiger partial charge < -0.3 is 0 Å². The van der Waals surface area contributed by atoms with Crippen LogP contribution in [-0.2, 0) is 5.41 Å². The molecule has 0 aliphatic rings. The summed E-state index contributed by atoms with van der Waals surface area (Å²) in [6, 6.07) is 16.2. The molecule has 1 aromatic heterocycles. The maximum atomic E-state index is 9.07. The molecule has 17 heavy (non-hydrogen) atoms. The highest BCUT2D eigenvalue weighted by Crippen LogP contribution is 2.25. The number of hydrogen-bond acceptors (Lipinski definition) is 2. The van der Waals surface area contributed by atoms with Crippen molar-refractivity contribution in [2.24, 2.45) is 0 Å². The van der Waals surface area contributed by atoms with E-state index in [-0.39, 0.29) is 0 Å². The lowest BCUT2D eigenvalue weighted by atomic mass is 9.86. The summed E-state index contributed by atoms with van der Waals surface area (Å²) in [6.07, 6.45) is 1.78. The molecule has 0 radical (unpaired) electrons. The maximum absolute atomic E-state index is 9.07. The minimum atomic E-state index is -0.442. The van der Waals surface area contributed by atoms with E-state index >= 15 is 0 Å². The van der Waals surface area contributed by atoms with Crippen LogP contribution in [0.1, 0.15) is 19.4 Å². The third-order valence-corrected chi connectivity index (χ3v) is 2.85. The number of nitriles is 1. The molecule has 2 nitrogen and oxygen atoms in total. The van der Waals surface area contributed by atoms with Gasteiger partial charge in [-0.05, 0) is 31.5 Å². The Labute approximate surface area is 102 Å². The molecule has 84 valence electrons. The molecule has 2 aromatic rings. The predicted molar refractivity (Wildman–Crippen MR) is 68.3 cm³/mol. The zero-order valence-corrected chi connectivity index (χ0v) is 10.0. The lowest BCUT2D eigenvalue weighted by Gasteiger charge is -2.15. The molecule has 2 heteroatoms. The summed E-state index contributed by atoms with van der Waals surface area (Å²) >= 11 is 0. The van der Waals surface area contributed by atoms with Crippen molar-refractivity contribution in [3.05, 3.63) is 54.2 Å². The third kappa shape index (κ3) is 2.34. The molecule has 0 N–H and O–H groups in total. The van der Waals surface area contributed by atoms with E-state index in [2.05, 4.69) is 11.1 Å². The Kier molecular flexibility index (Phi) is 2.93. The average molecular weight is 222 g/mol. The lowest BCUT2D eigenvalue weighted by Crippen LogP contribution is -2.13. The van der Waals surface area contributed by atoms with Crippen molar-refractivity contribution in [3.63, 3.8) is 0 Å². The van der Waals surface area contributed by atoms with Crippen LogP contribution in [0.2, 0.25) is 0 Å². The van der Waals surface area contributed by atoms with Gasteiger partial charge in [-0.1, -0.05) is 30.3 Å². The highest BCUT2D eigenvalue weighted by atomic mass is 14.7. The first-order valence-electron chi connectivity index (χ1n) is 5.57. The SMILES string of the molecule is CC(C)(C#N)c1ccc(-c2ccccn2)cc1. The first-order valence-corrected chi connectivity index (χ1v) is 5.57. The fraction of sp³-hybridized carbons (Fsp3) is 0.200. The van der Waals surface area contributed by atoms with Crippen LogP contribution < -0.4 is 0 Å². The summed E-state index contributed by atoms with van der Waals surface area (Å²) in [7, 11) is 0. The van der Waals surface area contributed by atoms with E-state index in [4.69, 9.17) is 5.26 Å². The highest BCUT2D eigenvalue weighted by Gasteiger charge is 2.19. The Hall–Kier alpha value is -2.14. The standard InChI is InChI=1S/C15H14N2/c1-15(2,11-16)13-8-6-12(7-9-13)14-5-3-4-10-17-14/h3-10H,1-2H3. The molecule has 0 saturated carbocycles. The van der Waals surface area contributed by atoms with Gasteiger partial charge in [0.2, 0.25) is 0 Å². The van der Waals surface area contributed by atoms with Crippen molar-refractivity contribution in [1.29, 1.82) is 5.26 Å². The Morgan fingerprint density at radius 3 is 2.29 bits per heavy atom. The van der Waals surface area contributed by atoms with E-state index in [0.29, 0.717) is 0 Å². The molecule has 0 bridgehead atoms. The van der Waals surface area contributed by atoms with Crippen LogP contribution in [0, 0.1) is 11.3 Å². The normalized spacial score (nSPS) is 10.9. The van der Waals surface area contributed by atoms with Crippen molar-refractivity contribution in [2.45, 2.75) is 19.3 Å². The van der Waals surface area contributed by atoms with Crippen LogP contribution in [0.15, 0.2) is 48.7 Å². The van der Waals surface area contributed by atoms with E-state index in [1.54, 1.807) is 6.20 Å². The minimum Gasteiger partial charge on any atom is -0.256 e. The van der Waals surface area contributed by atoms with E-state index in [9.17, 15) is 0 Å². The summed E-state index contributed by atoms with van der Waals surface area (Å²) in [6.45, 7) is 3.84. The van der Waals surface area contributed by atoms with Crippen molar-refractivity contribution >= 4 is 0 Å². The van der Waals surface area contributed by atoms with Crippen molar-refractivity contribution in [1.82, 2.24) is 4.98 Å². The van der Waals surface area contributed by atoms with Gasteiger partial charge in [0, 0.05) is 11.8 Å². The smallest absolute Gasteiger partial charge is 0.0766 e. The van der Waals surface area contributed by atoms with Gasteiger partial charge >= 0.3 is 0 Å². The van der Waals surface area contributed by atoms with Crippen LogP contribution >= 0.6 is 0 Å². The summed E-state index contributed by atoms with van der Waals surface area (Å²) < 4.78 is 0. The number of rotatable bonds is 2. The second-order valence-corrected chi connectivity index (χ2v) is 4.53. The number of benzene rings is 1. The summed E-state index contributed by atoms with van der Waals surface area (Å²) in [5.41, 5.74) is 2.61. The molecule has 0 spiro atoms. The molecule has 1 heterocycles. The zero-order chi connectivity index (χ0) is 12.3. The minimum absolute atomic E-state index is 0.442. The van der Waals surface area contributed by atoms with E-state index in [1.165, 1.54) is 0 Å². The molecule has 0 saturated heterocycles. The average Bonchev–Trinajstić information content (AvgIpc) is 2.40. The van der Waals surface area contributed by atoms with E-state index < -0.39 is 5.41 Å². The number of hydrogen-bond donors (Lipinski definition) is 0. The monoisotopic (exact) mass is 222 g/mol. The quantitative estimate of drug-likeness (QED) is 0.779. The van der Waals surface area contributed by atoms with Crippen molar-refractivity contribution in [3.8, 4) is 17.3 Å². The van der Waals surface area contributed by atoms with Gasteiger partial charge in [0.25, 0.3) is 0 Å². The molecule has 0 aliphatic heterocycles. The molecule has 0 unspecified atom stereocenters. The Balaban J connectivity index is 2.35. The summed E-state index contributed by atoms with van der Waals surface area (Å²) in [5, 5.41) is 9.07. The van der Waals surface area contributed by atoms with Crippen LogP contribution in [-0.4, -0.2) is 4.98 Å². The largest absolute Gasteiger partial charge is 0.256 e. The number of nitrogens with zero attached hydrogens (tertiary/aromatic N) is 2. The second kappa shape index (κ2) is 4.39. The van der Waals surface area contributed by atoms with Crippen molar-refractivity contribution < 1.29 is 0 Å². The third-order valence-electron chi connectivity index (χ3n) is 2.85. The summed E-state index contributed by atoms with van der Waals surface area (Å²) in [4.78, 5) is 4.30. The number of pyridine rings is 1. The van der Waals surface area contributed by atoms with Gasteiger partial charge in [0.15, 0.2) is 0 Å². The second-order valence-electron chi connectivity index (χ2n) is 4.53. The van der Waals surface area contributed by atoms with Gasteiger partial charge in [-0.25, -0.2) is 0 Å². The molecular formula is C15H14N2. The highest BCUT2D eigenvalue weighted by molar-refractivity contribution is 5.59. The Bertz CT molecular complexity index is 533. The molecule has 0 atom stereocenters. The maximum Gasteiger partial charge on any atom is 0.0766 e.